The van der Waals surface area contributed by atoms with Crippen LogP contribution in [0.1, 0.15) is 30.9 Å². The molecule has 2 unspecified atom stereocenters. The van der Waals surface area contributed by atoms with Crippen molar-refractivity contribution in [1.82, 2.24) is 15.1 Å². The molecule has 1 aliphatic heterocycles. The molecule has 0 saturated carbocycles. The molecule has 0 radical (unpaired) electrons. The molecule has 0 spiro atoms. The first-order valence-electron chi connectivity index (χ1n) is 11.0. The fraction of sp³-hybridized carbons (Fsp3) is 0.440. The summed E-state index contributed by atoms with van der Waals surface area (Å²) in [6.45, 7) is 3.52. The van der Waals surface area contributed by atoms with Gasteiger partial charge in [-0.1, -0.05) is 55.5 Å². The molecule has 2 atom stereocenters. The first kappa shape index (κ1) is 25.7. The van der Waals surface area contributed by atoms with Crippen LogP contribution in [0.15, 0.2) is 54.6 Å². The summed E-state index contributed by atoms with van der Waals surface area (Å²) in [7, 11) is 3.98. The van der Waals surface area contributed by atoms with E-state index in [0.717, 1.165) is 23.3 Å². The van der Waals surface area contributed by atoms with Crippen LogP contribution in [0.2, 0.25) is 0 Å². The molecule has 2 aromatic rings. The van der Waals surface area contributed by atoms with Crippen molar-refractivity contribution in [2.45, 2.75) is 44.8 Å². The molecule has 0 saturated heterocycles. The predicted octanol–water partition coefficient (Wildman–Crippen LogP) is 3.29. The summed E-state index contributed by atoms with van der Waals surface area (Å²) in [6, 6.07) is 17.0. The SMILES string of the molecule is CCCC(=O)NC(Cc1ccccc1)C(=O)N1Cc2ccccc2OCC1CN(C)C.Cl. The molecule has 2 amide bonds. The molecule has 0 bridgehead atoms. The van der Waals surface area contributed by atoms with Crippen LogP contribution >= 0.6 is 12.4 Å². The Kier molecular flexibility index (Phi) is 10.0. The summed E-state index contributed by atoms with van der Waals surface area (Å²) in [5.74, 6) is 0.657. The number of likely N-dealkylation sites (N-methyl/N-ethyl adjacent to an activating group) is 1. The van der Waals surface area contributed by atoms with Crippen molar-refractivity contribution < 1.29 is 14.3 Å². The molecule has 1 N–H and O–H groups in total. The predicted molar refractivity (Wildman–Crippen MR) is 129 cm³/mol. The van der Waals surface area contributed by atoms with Crippen LogP contribution in [0.25, 0.3) is 0 Å². The Labute approximate surface area is 197 Å². The largest absolute Gasteiger partial charge is 0.491 e. The van der Waals surface area contributed by atoms with Crippen LogP contribution in [0.3, 0.4) is 0 Å². The Balaban J connectivity index is 0.00000363. The second-order valence-corrected chi connectivity index (χ2v) is 8.36. The van der Waals surface area contributed by atoms with Crippen molar-refractivity contribution in [1.29, 1.82) is 0 Å². The van der Waals surface area contributed by atoms with Gasteiger partial charge in [-0.3, -0.25) is 9.59 Å². The minimum Gasteiger partial charge on any atom is -0.491 e. The lowest BCUT2D eigenvalue weighted by Gasteiger charge is -2.34. The van der Waals surface area contributed by atoms with Gasteiger partial charge in [0.1, 0.15) is 18.4 Å². The number of amides is 2. The number of nitrogens with zero attached hydrogens (tertiary/aromatic N) is 2. The van der Waals surface area contributed by atoms with Gasteiger partial charge in [0.2, 0.25) is 11.8 Å². The number of fused-ring (bicyclic) bond motifs is 1. The molecule has 174 valence electrons. The van der Waals surface area contributed by atoms with Crippen LogP contribution in [0.5, 0.6) is 5.75 Å². The minimum absolute atomic E-state index is 0. The highest BCUT2D eigenvalue weighted by Crippen LogP contribution is 2.26. The monoisotopic (exact) mass is 459 g/mol. The number of hydrogen-bond donors (Lipinski definition) is 1. The van der Waals surface area contributed by atoms with E-state index >= 15 is 0 Å². The maximum atomic E-state index is 13.8. The van der Waals surface area contributed by atoms with Gasteiger partial charge in [-0.25, -0.2) is 0 Å². The van der Waals surface area contributed by atoms with Gasteiger partial charge in [0.25, 0.3) is 0 Å². The van der Waals surface area contributed by atoms with E-state index in [0.29, 0.717) is 32.5 Å². The minimum atomic E-state index is -0.614. The summed E-state index contributed by atoms with van der Waals surface area (Å²) < 4.78 is 6.05. The number of carbonyl (C=O) groups excluding carboxylic acids is 2. The normalized spacial score (nSPS) is 16.2. The number of para-hydroxylation sites is 1. The molecule has 1 aliphatic rings. The molecule has 1 heterocycles. The van der Waals surface area contributed by atoms with Crippen LogP contribution in [0, 0.1) is 0 Å². The molecule has 0 fully saturated rings. The third kappa shape index (κ3) is 6.97. The Morgan fingerprint density at radius 3 is 2.50 bits per heavy atom. The zero-order valence-electron chi connectivity index (χ0n) is 19.1. The fourth-order valence-electron chi connectivity index (χ4n) is 3.94. The maximum absolute atomic E-state index is 13.8. The lowest BCUT2D eigenvalue weighted by atomic mass is 10.0. The highest BCUT2D eigenvalue weighted by Gasteiger charge is 2.34. The molecular formula is C25H34ClN3O3. The van der Waals surface area contributed by atoms with E-state index in [1.54, 1.807) is 0 Å². The number of nitrogens with one attached hydrogen (secondary N) is 1. The van der Waals surface area contributed by atoms with Crippen LogP contribution in [0.4, 0.5) is 0 Å². The zero-order chi connectivity index (χ0) is 22.2. The summed E-state index contributed by atoms with van der Waals surface area (Å²) in [4.78, 5) is 30.2. The lowest BCUT2D eigenvalue weighted by molar-refractivity contribution is -0.139. The summed E-state index contributed by atoms with van der Waals surface area (Å²) in [5, 5.41) is 3.00. The molecular weight excluding hydrogens is 426 g/mol. The van der Waals surface area contributed by atoms with E-state index in [2.05, 4.69) is 10.2 Å². The van der Waals surface area contributed by atoms with Crippen LogP contribution < -0.4 is 10.1 Å². The first-order valence-corrected chi connectivity index (χ1v) is 11.0. The average molecular weight is 460 g/mol. The van der Waals surface area contributed by atoms with Crippen molar-refractivity contribution in [3.05, 3.63) is 65.7 Å². The van der Waals surface area contributed by atoms with Gasteiger partial charge < -0.3 is 19.9 Å². The number of benzene rings is 2. The Morgan fingerprint density at radius 1 is 1.12 bits per heavy atom. The molecule has 7 heteroatoms. The second kappa shape index (κ2) is 12.5. The van der Waals surface area contributed by atoms with Crippen LogP contribution in [-0.2, 0) is 22.6 Å². The second-order valence-electron chi connectivity index (χ2n) is 8.36. The third-order valence-corrected chi connectivity index (χ3v) is 5.44. The van der Waals surface area contributed by atoms with Gasteiger partial charge in [0.15, 0.2) is 0 Å². The third-order valence-electron chi connectivity index (χ3n) is 5.44. The molecule has 6 nitrogen and oxygen atoms in total. The Bertz CT molecular complexity index is 876. The van der Waals surface area contributed by atoms with E-state index < -0.39 is 6.04 Å². The van der Waals surface area contributed by atoms with E-state index in [9.17, 15) is 9.59 Å². The van der Waals surface area contributed by atoms with Gasteiger partial charge in [0, 0.05) is 31.5 Å². The lowest BCUT2D eigenvalue weighted by Crippen LogP contribution is -2.55. The quantitative estimate of drug-likeness (QED) is 0.658. The molecule has 2 aromatic carbocycles. The molecule has 3 rings (SSSR count). The zero-order valence-corrected chi connectivity index (χ0v) is 19.9. The van der Waals surface area contributed by atoms with Gasteiger partial charge in [-0.05, 0) is 32.1 Å². The number of carbonyl (C=O) groups is 2. The average Bonchev–Trinajstić information content (AvgIpc) is 2.93. The highest BCUT2D eigenvalue weighted by atomic mass is 35.5. The van der Waals surface area contributed by atoms with Crippen molar-refractivity contribution in [3.63, 3.8) is 0 Å². The molecule has 0 aromatic heterocycles. The van der Waals surface area contributed by atoms with Gasteiger partial charge in [0.05, 0.1) is 6.04 Å². The summed E-state index contributed by atoms with van der Waals surface area (Å²) in [6.07, 6.45) is 1.61. The van der Waals surface area contributed by atoms with E-state index in [1.807, 2.05) is 80.5 Å². The number of rotatable bonds is 8. The molecule has 0 aliphatic carbocycles. The standard InChI is InChI=1S/C25H33N3O3.ClH/c1-4-10-24(29)26-22(15-19-11-6-5-7-12-19)25(30)28-16-20-13-8-9-14-23(20)31-18-21(28)17-27(2)3;/h5-9,11-14,21-22H,4,10,15-18H2,1-3H3,(H,26,29);1H. The number of hydrogen-bond acceptors (Lipinski definition) is 4. The number of ether oxygens (including phenoxy) is 1. The van der Waals surface area contributed by atoms with Crippen molar-refractivity contribution in [2.24, 2.45) is 0 Å². The summed E-state index contributed by atoms with van der Waals surface area (Å²) in [5.41, 5.74) is 2.00. The Hall–Kier alpha value is -2.57. The van der Waals surface area contributed by atoms with Gasteiger partial charge in [-0.2, -0.15) is 0 Å². The van der Waals surface area contributed by atoms with Crippen LogP contribution in [-0.4, -0.2) is 60.9 Å². The maximum Gasteiger partial charge on any atom is 0.246 e. The highest BCUT2D eigenvalue weighted by molar-refractivity contribution is 5.88. The molecule has 32 heavy (non-hydrogen) atoms. The van der Waals surface area contributed by atoms with Gasteiger partial charge >= 0.3 is 0 Å². The number of halogens is 1. The topological polar surface area (TPSA) is 61.9 Å². The summed E-state index contributed by atoms with van der Waals surface area (Å²) >= 11 is 0. The van der Waals surface area contributed by atoms with E-state index in [4.69, 9.17) is 4.74 Å². The fourth-order valence-corrected chi connectivity index (χ4v) is 3.94. The smallest absolute Gasteiger partial charge is 0.246 e. The van der Waals surface area contributed by atoms with Gasteiger partial charge in [-0.15, -0.1) is 12.4 Å². The van der Waals surface area contributed by atoms with E-state index in [-0.39, 0.29) is 30.3 Å². The van der Waals surface area contributed by atoms with E-state index in [1.165, 1.54) is 0 Å². The Morgan fingerprint density at radius 2 is 1.81 bits per heavy atom. The van der Waals surface area contributed by atoms with Crippen molar-refractivity contribution in [3.8, 4) is 5.75 Å². The van der Waals surface area contributed by atoms with Crippen molar-refractivity contribution >= 4 is 24.2 Å². The van der Waals surface area contributed by atoms with Crippen molar-refractivity contribution in [2.75, 3.05) is 27.2 Å². The first-order chi connectivity index (χ1) is 15.0.